The lowest BCUT2D eigenvalue weighted by molar-refractivity contribution is -0.141. The van der Waals surface area contributed by atoms with Gasteiger partial charge in [0.15, 0.2) is 0 Å². The minimum Gasteiger partial charge on any atom is -0.494 e. The fourth-order valence-corrected chi connectivity index (χ4v) is 5.70. The number of hydrogen-bond donors (Lipinski definition) is 0. The van der Waals surface area contributed by atoms with Crippen molar-refractivity contribution >= 4 is 21.4 Å². The summed E-state index contributed by atoms with van der Waals surface area (Å²) >= 11 is 0. The van der Waals surface area contributed by atoms with E-state index in [2.05, 4.69) is 19.6 Å². The molecule has 2 heterocycles. The molecule has 0 bridgehead atoms. The van der Waals surface area contributed by atoms with E-state index in [-0.39, 0.29) is 30.7 Å². The van der Waals surface area contributed by atoms with Crippen molar-refractivity contribution < 1.29 is 36.9 Å². The van der Waals surface area contributed by atoms with Crippen LogP contribution in [0.5, 0.6) is 17.2 Å². The van der Waals surface area contributed by atoms with Crippen LogP contribution in [0.1, 0.15) is 55.7 Å². The van der Waals surface area contributed by atoms with E-state index in [9.17, 15) is 13.2 Å². The van der Waals surface area contributed by atoms with E-state index in [0.717, 1.165) is 45.8 Å². The normalized spacial score (nSPS) is 16.6. The number of esters is 1. The second-order valence-corrected chi connectivity index (χ2v) is 12.7. The van der Waals surface area contributed by atoms with Crippen LogP contribution in [0.15, 0.2) is 66.0 Å². The van der Waals surface area contributed by atoms with Gasteiger partial charge in [-0.2, -0.15) is 0 Å². The van der Waals surface area contributed by atoms with Crippen LogP contribution in [0.4, 0.5) is 0 Å². The van der Waals surface area contributed by atoms with Crippen molar-refractivity contribution in [3.05, 3.63) is 82.6 Å². The highest BCUT2D eigenvalue weighted by molar-refractivity contribution is 7.90. The molecule has 0 spiro atoms. The van der Waals surface area contributed by atoms with E-state index in [1.807, 2.05) is 43.3 Å². The first-order valence-corrected chi connectivity index (χ1v) is 15.7. The maximum Gasteiger partial charge on any atom is 0.306 e. The number of carbonyl (C=O) groups excluding carboxylic acids is 1. The molecule has 2 aromatic rings. The van der Waals surface area contributed by atoms with Gasteiger partial charge in [-0.25, -0.2) is 8.42 Å². The van der Waals surface area contributed by atoms with Gasteiger partial charge in [0.1, 0.15) is 39.5 Å². The summed E-state index contributed by atoms with van der Waals surface area (Å²) in [5.41, 5.74) is 6.19. The SMILES string of the molecule is C=C(/C=C(/C)C1=C(C)CCOc2ccc(COc3ccc4c(c3)OC[C@H]4CC(=O)OC)cc21)OCCCS(C)(=O)=O. The quantitative estimate of drug-likeness (QED) is 0.135. The van der Waals surface area contributed by atoms with Gasteiger partial charge in [-0.05, 0) is 61.3 Å². The highest BCUT2D eigenvalue weighted by Crippen LogP contribution is 2.40. The first kappa shape index (κ1) is 30.2. The first-order chi connectivity index (χ1) is 19.5. The molecule has 2 aliphatic rings. The Kier molecular flexibility index (Phi) is 9.81. The van der Waals surface area contributed by atoms with Gasteiger partial charge in [0, 0.05) is 35.8 Å². The van der Waals surface area contributed by atoms with E-state index in [1.54, 1.807) is 0 Å². The van der Waals surface area contributed by atoms with Crippen LogP contribution < -0.4 is 14.2 Å². The number of carbonyl (C=O) groups is 1. The first-order valence-electron chi connectivity index (χ1n) is 13.6. The standard InChI is InChI=1S/C32H38O8S/c1-21-11-13-38-29-10-7-24(16-28(29)32(21)22(2)15-23(3)37-12-6-14-41(5,34)35)19-39-26-8-9-27-25(17-31(33)36-4)20-40-30(27)18-26/h7-10,15-16,18,25H,3,6,11-14,17,19-20H2,1-2,4-5H3/b22-15-/t25-/m1/s1. The summed E-state index contributed by atoms with van der Waals surface area (Å²) in [5.74, 6) is 2.50. The van der Waals surface area contributed by atoms with Crippen molar-refractivity contribution in [3.8, 4) is 17.2 Å². The maximum atomic E-state index is 11.7. The summed E-state index contributed by atoms with van der Waals surface area (Å²) < 4.78 is 51.2. The lowest BCUT2D eigenvalue weighted by atomic mass is 9.91. The third-order valence-corrected chi connectivity index (χ3v) is 8.13. The Labute approximate surface area is 242 Å². The molecule has 0 radical (unpaired) electrons. The summed E-state index contributed by atoms with van der Waals surface area (Å²) in [7, 11) is -1.63. The highest BCUT2D eigenvalue weighted by Gasteiger charge is 2.27. The maximum absolute atomic E-state index is 11.7. The molecule has 2 aromatic carbocycles. The number of fused-ring (bicyclic) bond motifs is 2. The molecule has 0 saturated carbocycles. The largest absolute Gasteiger partial charge is 0.494 e. The predicted molar refractivity (Wildman–Crippen MR) is 158 cm³/mol. The summed E-state index contributed by atoms with van der Waals surface area (Å²) in [6.07, 6.45) is 4.59. The minimum absolute atomic E-state index is 0.0187. The molecule has 0 N–H and O–H groups in total. The number of methoxy groups -OCH3 is 1. The van der Waals surface area contributed by atoms with Gasteiger partial charge >= 0.3 is 5.97 Å². The molecular weight excluding hydrogens is 544 g/mol. The summed E-state index contributed by atoms with van der Waals surface area (Å²) in [4.78, 5) is 11.7. The highest BCUT2D eigenvalue weighted by atomic mass is 32.2. The van der Waals surface area contributed by atoms with Crippen molar-refractivity contribution in [2.45, 2.75) is 45.6 Å². The van der Waals surface area contributed by atoms with Crippen molar-refractivity contribution in [1.82, 2.24) is 0 Å². The zero-order chi connectivity index (χ0) is 29.6. The van der Waals surface area contributed by atoms with E-state index in [4.69, 9.17) is 23.7 Å². The smallest absolute Gasteiger partial charge is 0.306 e. The fraction of sp³-hybridized carbons (Fsp3) is 0.406. The number of allylic oxidation sites excluding steroid dienone is 3. The zero-order valence-corrected chi connectivity index (χ0v) is 25.0. The van der Waals surface area contributed by atoms with E-state index in [0.29, 0.717) is 37.8 Å². The van der Waals surface area contributed by atoms with Crippen molar-refractivity contribution in [2.75, 3.05) is 38.9 Å². The van der Waals surface area contributed by atoms with Crippen LogP contribution >= 0.6 is 0 Å². The molecule has 220 valence electrons. The van der Waals surface area contributed by atoms with Crippen molar-refractivity contribution in [3.63, 3.8) is 0 Å². The van der Waals surface area contributed by atoms with Gasteiger partial charge < -0.3 is 23.7 Å². The van der Waals surface area contributed by atoms with Crippen LogP contribution in [0, 0.1) is 0 Å². The molecule has 0 saturated heterocycles. The molecule has 8 nitrogen and oxygen atoms in total. The average Bonchev–Trinajstić information content (AvgIpc) is 3.23. The topological polar surface area (TPSA) is 97.4 Å². The van der Waals surface area contributed by atoms with Crippen LogP contribution in [0.25, 0.3) is 5.57 Å². The Bertz CT molecular complexity index is 1470. The second-order valence-electron chi connectivity index (χ2n) is 10.5. The molecule has 1 atom stereocenters. The number of rotatable bonds is 12. The Morgan fingerprint density at radius 1 is 1.15 bits per heavy atom. The Balaban J connectivity index is 1.46. The van der Waals surface area contributed by atoms with Crippen molar-refractivity contribution in [1.29, 1.82) is 0 Å². The summed E-state index contributed by atoms with van der Waals surface area (Å²) in [5, 5.41) is 0. The molecule has 4 rings (SSSR count). The lowest BCUT2D eigenvalue weighted by Gasteiger charge is -2.16. The van der Waals surface area contributed by atoms with Crippen LogP contribution in [-0.2, 0) is 30.7 Å². The Hall–Kier alpha value is -3.72. The van der Waals surface area contributed by atoms with Crippen molar-refractivity contribution in [2.24, 2.45) is 0 Å². The van der Waals surface area contributed by atoms with Crippen LogP contribution in [0.2, 0.25) is 0 Å². The molecule has 0 fully saturated rings. The minimum atomic E-state index is -3.02. The second kappa shape index (κ2) is 13.3. The molecule has 0 aromatic heterocycles. The van der Waals surface area contributed by atoms with Gasteiger partial charge in [0.05, 0.1) is 39.1 Å². The fourth-order valence-electron chi connectivity index (χ4n) is 5.05. The van der Waals surface area contributed by atoms with Crippen LogP contribution in [0.3, 0.4) is 0 Å². The van der Waals surface area contributed by atoms with Gasteiger partial charge in [0.2, 0.25) is 0 Å². The third-order valence-electron chi connectivity index (χ3n) is 7.10. The van der Waals surface area contributed by atoms with Gasteiger partial charge in [0.25, 0.3) is 0 Å². The molecule has 0 aliphatic carbocycles. The predicted octanol–water partition coefficient (Wildman–Crippen LogP) is 5.77. The third kappa shape index (κ3) is 8.16. The molecule has 0 amide bonds. The van der Waals surface area contributed by atoms with E-state index in [1.165, 1.54) is 18.9 Å². The van der Waals surface area contributed by atoms with Crippen LogP contribution in [-0.4, -0.2) is 53.3 Å². The number of sulfone groups is 1. The Morgan fingerprint density at radius 2 is 1.95 bits per heavy atom. The number of benzene rings is 2. The average molecular weight is 583 g/mol. The molecule has 41 heavy (non-hydrogen) atoms. The summed E-state index contributed by atoms with van der Waals surface area (Å²) in [6.45, 7) is 9.78. The molecule has 0 unspecified atom stereocenters. The van der Waals surface area contributed by atoms with Gasteiger partial charge in [-0.1, -0.05) is 24.3 Å². The molecule has 9 heteroatoms. The summed E-state index contributed by atoms with van der Waals surface area (Å²) in [6, 6.07) is 11.8. The monoisotopic (exact) mass is 582 g/mol. The number of ether oxygens (including phenoxy) is 5. The number of hydrogen-bond acceptors (Lipinski definition) is 8. The molecule has 2 aliphatic heterocycles. The van der Waals surface area contributed by atoms with Gasteiger partial charge in [-0.3, -0.25) is 4.79 Å². The molecular formula is C32H38O8S. The van der Waals surface area contributed by atoms with Gasteiger partial charge in [-0.15, -0.1) is 0 Å². The zero-order valence-electron chi connectivity index (χ0n) is 24.2. The van der Waals surface area contributed by atoms with E-state index < -0.39 is 9.84 Å². The lowest BCUT2D eigenvalue weighted by Crippen LogP contribution is -2.09. The van der Waals surface area contributed by atoms with E-state index >= 15 is 0 Å². The Morgan fingerprint density at radius 3 is 2.71 bits per heavy atom.